The standard InChI is InChI=1S/C41H51ClN8O8/c1-3-4-20-50(40(56)33(47-35(51)23-42)17-18-37(53)58-2)25-36(52)48-34(22-28-24-45-31-13-8-7-12-30(28)31)39(55)49-32(14-9-19-44-41(43)57)38(54)46-29-16-15-26-10-5-6-11-27(26)21-29/h5-8,10-13,15-16,21,24,32-34,45H,3-4,9,14,17-20,22-23,25H2,1-2H3,(H,46,54)(H,47,51)(H,48,52)(H,49,55)(H3,43,44,57)/t32-,33-,34-/m0/s1. The highest BCUT2D eigenvalue weighted by Crippen LogP contribution is 2.21. The summed E-state index contributed by atoms with van der Waals surface area (Å²) in [5.74, 6) is -4.13. The number of para-hydroxylation sites is 1. The molecule has 3 aromatic carbocycles. The van der Waals surface area contributed by atoms with Crippen molar-refractivity contribution >= 4 is 80.5 Å². The van der Waals surface area contributed by atoms with Gasteiger partial charge in [-0.2, -0.15) is 0 Å². The summed E-state index contributed by atoms with van der Waals surface area (Å²) in [4.78, 5) is 95.8. The minimum Gasteiger partial charge on any atom is -0.469 e. The molecule has 1 heterocycles. The van der Waals surface area contributed by atoms with Crippen LogP contribution in [0.1, 0.15) is 51.0 Å². The summed E-state index contributed by atoms with van der Waals surface area (Å²) in [6, 6.07) is 16.3. The number of aromatic amines is 1. The smallest absolute Gasteiger partial charge is 0.312 e. The molecule has 0 radical (unpaired) electrons. The number of benzene rings is 3. The fourth-order valence-electron chi connectivity index (χ4n) is 6.39. The zero-order chi connectivity index (χ0) is 42.0. The number of nitrogens with one attached hydrogen (secondary N) is 6. The van der Waals surface area contributed by atoms with E-state index in [1.165, 1.54) is 12.0 Å². The van der Waals surface area contributed by atoms with Gasteiger partial charge in [0.05, 0.1) is 13.7 Å². The lowest BCUT2D eigenvalue weighted by Gasteiger charge is -2.28. The number of aromatic nitrogens is 1. The van der Waals surface area contributed by atoms with Gasteiger partial charge in [-0.05, 0) is 60.2 Å². The number of hydrogen-bond acceptors (Lipinski definition) is 8. The van der Waals surface area contributed by atoms with Crippen LogP contribution in [-0.4, -0.2) is 102 Å². The molecule has 8 N–H and O–H groups in total. The maximum absolute atomic E-state index is 14.3. The zero-order valence-corrected chi connectivity index (χ0v) is 33.4. The predicted octanol–water partition coefficient (Wildman–Crippen LogP) is 3.23. The van der Waals surface area contributed by atoms with Crippen molar-refractivity contribution in [2.45, 2.75) is 70.0 Å². The van der Waals surface area contributed by atoms with Crippen LogP contribution in [0.2, 0.25) is 0 Å². The van der Waals surface area contributed by atoms with Crippen molar-refractivity contribution in [2.24, 2.45) is 5.73 Å². The van der Waals surface area contributed by atoms with Gasteiger partial charge in [-0.3, -0.25) is 28.8 Å². The van der Waals surface area contributed by atoms with Gasteiger partial charge in [0.15, 0.2) is 0 Å². The highest BCUT2D eigenvalue weighted by molar-refractivity contribution is 6.27. The van der Waals surface area contributed by atoms with E-state index in [0.717, 1.165) is 21.7 Å². The Hall–Kier alpha value is -6.16. The second-order valence-corrected chi connectivity index (χ2v) is 14.0. The number of carbonyl (C=O) groups excluding carboxylic acids is 7. The number of rotatable bonds is 22. The number of carbonyl (C=O) groups is 7. The first kappa shape index (κ1) is 44.6. The molecular weight excluding hydrogens is 768 g/mol. The molecule has 4 aromatic rings. The monoisotopic (exact) mass is 818 g/mol. The molecule has 7 amide bonds. The van der Waals surface area contributed by atoms with E-state index in [2.05, 4.69) is 31.6 Å². The summed E-state index contributed by atoms with van der Waals surface area (Å²) < 4.78 is 4.71. The lowest BCUT2D eigenvalue weighted by atomic mass is 10.0. The number of nitrogens with zero attached hydrogens (tertiary/aromatic N) is 1. The molecule has 0 unspecified atom stereocenters. The van der Waals surface area contributed by atoms with Crippen LogP contribution in [-0.2, 0) is 39.9 Å². The molecule has 0 saturated heterocycles. The molecule has 0 bridgehead atoms. The number of esters is 1. The molecule has 0 saturated carbocycles. The summed E-state index contributed by atoms with van der Waals surface area (Å²) in [5, 5.41) is 16.2. The van der Waals surface area contributed by atoms with E-state index in [9.17, 15) is 33.6 Å². The Bertz CT molecular complexity index is 2070. The van der Waals surface area contributed by atoms with Crippen molar-refractivity contribution in [3.63, 3.8) is 0 Å². The number of anilines is 1. The van der Waals surface area contributed by atoms with Crippen molar-refractivity contribution in [1.29, 1.82) is 0 Å². The van der Waals surface area contributed by atoms with Gasteiger partial charge >= 0.3 is 12.0 Å². The first-order valence-corrected chi connectivity index (χ1v) is 19.6. The van der Waals surface area contributed by atoms with E-state index in [0.29, 0.717) is 24.1 Å². The maximum Gasteiger partial charge on any atom is 0.312 e. The Labute approximate surface area is 341 Å². The Kier molecular flexibility index (Phi) is 17.3. The predicted molar refractivity (Wildman–Crippen MR) is 221 cm³/mol. The van der Waals surface area contributed by atoms with E-state index in [4.69, 9.17) is 22.1 Å². The average molecular weight is 819 g/mol. The summed E-state index contributed by atoms with van der Waals surface area (Å²) in [5.41, 5.74) is 7.26. The van der Waals surface area contributed by atoms with Gasteiger partial charge in [0.25, 0.3) is 0 Å². The Morgan fingerprint density at radius 1 is 0.828 bits per heavy atom. The maximum atomic E-state index is 14.3. The van der Waals surface area contributed by atoms with Crippen LogP contribution < -0.4 is 32.3 Å². The highest BCUT2D eigenvalue weighted by Gasteiger charge is 2.31. The number of urea groups is 1. The van der Waals surface area contributed by atoms with Gasteiger partial charge in [0, 0.05) is 48.7 Å². The molecule has 0 aliphatic heterocycles. The Morgan fingerprint density at radius 2 is 1.55 bits per heavy atom. The van der Waals surface area contributed by atoms with Gasteiger partial charge in [0.1, 0.15) is 24.0 Å². The highest BCUT2D eigenvalue weighted by atomic mass is 35.5. The second-order valence-electron chi connectivity index (χ2n) is 13.7. The molecule has 4 rings (SSSR count). The minimum atomic E-state index is -1.22. The number of ether oxygens (including phenoxy) is 1. The third-order valence-corrected chi connectivity index (χ3v) is 9.66. The van der Waals surface area contributed by atoms with E-state index in [-0.39, 0.29) is 45.2 Å². The number of nitrogens with two attached hydrogens (primary N) is 1. The second kappa shape index (κ2) is 22.5. The molecule has 0 spiro atoms. The first-order chi connectivity index (χ1) is 27.9. The van der Waals surface area contributed by atoms with Gasteiger partial charge in [-0.15, -0.1) is 11.6 Å². The van der Waals surface area contributed by atoms with E-state index < -0.39 is 72.1 Å². The fourth-order valence-corrected chi connectivity index (χ4v) is 6.47. The van der Waals surface area contributed by atoms with E-state index in [1.54, 1.807) is 12.3 Å². The van der Waals surface area contributed by atoms with Gasteiger partial charge in [0.2, 0.25) is 29.5 Å². The topological polar surface area (TPSA) is 234 Å². The van der Waals surface area contributed by atoms with Crippen LogP contribution in [0.25, 0.3) is 21.7 Å². The van der Waals surface area contributed by atoms with E-state index in [1.807, 2.05) is 67.6 Å². The van der Waals surface area contributed by atoms with E-state index >= 15 is 0 Å². The number of H-pyrrole nitrogens is 1. The van der Waals surface area contributed by atoms with Crippen LogP contribution in [0.3, 0.4) is 0 Å². The summed E-state index contributed by atoms with van der Waals surface area (Å²) in [6.45, 7) is 1.72. The summed E-state index contributed by atoms with van der Waals surface area (Å²) in [7, 11) is 1.21. The molecule has 310 valence electrons. The number of unbranched alkanes of at least 4 members (excludes halogenated alkanes) is 1. The first-order valence-electron chi connectivity index (χ1n) is 19.1. The molecule has 17 heteroatoms. The van der Waals surface area contributed by atoms with Crippen molar-refractivity contribution in [3.8, 4) is 0 Å². The van der Waals surface area contributed by atoms with Crippen LogP contribution in [0.15, 0.2) is 72.9 Å². The Morgan fingerprint density at radius 3 is 2.28 bits per heavy atom. The number of primary amides is 1. The van der Waals surface area contributed by atoms with Crippen molar-refractivity contribution < 1.29 is 38.3 Å². The summed E-state index contributed by atoms with van der Waals surface area (Å²) in [6.07, 6.45) is 3.06. The number of fused-ring (bicyclic) bond motifs is 2. The molecule has 1 aromatic heterocycles. The van der Waals surface area contributed by atoms with Gasteiger partial charge in [-0.25, -0.2) is 4.79 Å². The number of methoxy groups -OCH3 is 1. The molecule has 58 heavy (non-hydrogen) atoms. The molecule has 0 aliphatic carbocycles. The minimum absolute atomic E-state index is 0.0142. The van der Waals surface area contributed by atoms with Crippen LogP contribution in [0.5, 0.6) is 0 Å². The number of hydrogen-bond donors (Lipinski definition) is 7. The third-order valence-electron chi connectivity index (χ3n) is 9.42. The SMILES string of the molecule is CCCCN(CC(=O)N[C@@H](Cc1c[nH]c2ccccc12)C(=O)N[C@@H](CCCNC(N)=O)C(=O)Nc1ccc2ccccc2c1)C(=O)[C@H](CCC(=O)OC)NC(=O)CCl. The van der Waals surface area contributed by atoms with Crippen molar-refractivity contribution in [1.82, 2.24) is 31.2 Å². The van der Waals surface area contributed by atoms with Gasteiger partial charge in [-0.1, -0.05) is 61.9 Å². The largest absolute Gasteiger partial charge is 0.469 e. The zero-order valence-electron chi connectivity index (χ0n) is 32.6. The van der Waals surface area contributed by atoms with Gasteiger partial charge < -0.3 is 46.9 Å². The molecule has 16 nitrogen and oxygen atoms in total. The normalized spacial score (nSPS) is 12.5. The molecular formula is C41H51ClN8O8. The molecule has 0 fully saturated rings. The van der Waals surface area contributed by atoms with Crippen LogP contribution >= 0.6 is 11.6 Å². The molecule has 0 aliphatic rings. The quantitative estimate of drug-likeness (QED) is 0.0353. The number of amides is 7. The number of alkyl halides is 1. The Balaban J connectivity index is 1.59. The van der Waals surface area contributed by atoms with Crippen LogP contribution in [0, 0.1) is 0 Å². The van der Waals surface area contributed by atoms with Crippen LogP contribution in [0.4, 0.5) is 10.5 Å². The lowest BCUT2D eigenvalue weighted by molar-refractivity contribution is -0.143. The van der Waals surface area contributed by atoms with Crippen molar-refractivity contribution in [2.75, 3.05) is 37.9 Å². The average Bonchev–Trinajstić information content (AvgIpc) is 3.63. The third kappa shape index (κ3) is 13.5. The number of halogens is 1. The lowest BCUT2D eigenvalue weighted by Crippen LogP contribution is -2.56. The summed E-state index contributed by atoms with van der Waals surface area (Å²) >= 11 is 5.71. The fraction of sp³-hybridized carbons (Fsp3) is 0.390. The molecule has 3 atom stereocenters. The van der Waals surface area contributed by atoms with Crippen molar-refractivity contribution in [3.05, 3.63) is 78.5 Å².